The van der Waals surface area contributed by atoms with Crippen LogP contribution >= 0.6 is 11.3 Å². The summed E-state index contributed by atoms with van der Waals surface area (Å²) in [4.78, 5) is 18.0. The number of amides is 1. The van der Waals surface area contributed by atoms with Crippen LogP contribution in [0, 0.1) is 5.92 Å². The zero-order valence-corrected chi connectivity index (χ0v) is 15.2. The molecule has 0 radical (unpaired) electrons. The van der Waals surface area contributed by atoms with Gasteiger partial charge in [-0.15, -0.1) is 11.3 Å². The summed E-state index contributed by atoms with van der Waals surface area (Å²) in [6.45, 7) is 2.23. The molecule has 1 aliphatic heterocycles. The zero-order chi connectivity index (χ0) is 17.8. The van der Waals surface area contributed by atoms with Crippen molar-refractivity contribution in [2.45, 2.75) is 13.0 Å². The molecule has 4 rings (SSSR count). The van der Waals surface area contributed by atoms with Crippen LogP contribution < -0.4 is 4.74 Å². The van der Waals surface area contributed by atoms with Gasteiger partial charge in [-0.3, -0.25) is 0 Å². The topological polar surface area (TPSA) is 51.7 Å². The van der Waals surface area contributed by atoms with Crippen molar-refractivity contribution in [1.82, 2.24) is 9.88 Å². The van der Waals surface area contributed by atoms with Crippen molar-refractivity contribution in [1.29, 1.82) is 0 Å². The van der Waals surface area contributed by atoms with E-state index in [1.54, 1.807) is 11.1 Å². The lowest BCUT2D eigenvalue weighted by atomic mass is 10.1. The van der Waals surface area contributed by atoms with Crippen molar-refractivity contribution in [3.05, 3.63) is 59.0 Å². The smallest absolute Gasteiger partial charge is 0.410 e. The van der Waals surface area contributed by atoms with Gasteiger partial charge in [0, 0.05) is 30.6 Å². The van der Waals surface area contributed by atoms with E-state index in [1.165, 1.54) is 22.1 Å². The molecule has 0 aliphatic carbocycles. The summed E-state index contributed by atoms with van der Waals surface area (Å²) in [5.41, 5.74) is 0. The zero-order valence-electron chi connectivity index (χ0n) is 14.3. The molecule has 3 aromatic rings. The molecule has 2 heterocycles. The van der Waals surface area contributed by atoms with E-state index in [2.05, 4.69) is 29.2 Å². The lowest BCUT2D eigenvalue weighted by molar-refractivity contribution is 0.102. The quantitative estimate of drug-likeness (QED) is 0.672. The van der Waals surface area contributed by atoms with E-state index < -0.39 is 0 Å². The maximum absolute atomic E-state index is 12.1. The lowest BCUT2D eigenvalue weighted by Crippen LogP contribution is -2.30. The van der Waals surface area contributed by atoms with Gasteiger partial charge in [0.2, 0.25) is 0 Å². The highest BCUT2D eigenvalue weighted by atomic mass is 32.1. The molecule has 6 heteroatoms. The minimum Gasteiger partial charge on any atom is -0.493 e. The number of rotatable bonds is 5. The van der Waals surface area contributed by atoms with Gasteiger partial charge < -0.3 is 14.4 Å². The summed E-state index contributed by atoms with van der Waals surface area (Å²) in [6.07, 6.45) is 2.37. The van der Waals surface area contributed by atoms with E-state index in [0.717, 1.165) is 17.2 Å². The Morgan fingerprint density at radius 2 is 2.12 bits per heavy atom. The Morgan fingerprint density at radius 1 is 1.23 bits per heavy atom. The van der Waals surface area contributed by atoms with Crippen LogP contribution in [0.3, 0.4) is 0 Å². The van der Waals surface area contributed by atoms with Gasteiger partial charge in [0.1, 0.15) is 17.4 Å². The molecule has 1 aromatic heterocycles. The van der Waals surface area contributed by atoms with E-state index in [0.29, 0.717) is 25.6 Å². The second-order valence-corrected chi connectivity index (χ2v) is 7.38. The molecule has 0 saturated carbocycles. The first-order chi connectivity index (χ1) is 12.8. The van der Waals surface area contributed by atoms with E-state index in [9.17, 15) is 4.79 Å². The normalized spacial score (nSPS) is 16.8. The Labute approximate surface area is 156 Å². The molecule has 0 spiro atoms. The molecule has 1 aliphatic rings. The summed E-state index contributed by atoms with van der Waals surface area (Å²) in [7, 11) is 0. The highest BCUT2D eigenvalue weighted by Crippen LogP contribution is 2.23. The van der Waals surface area contributed by atoms with E-state index in [1.807, 2.05) is 23.6 Å². The maximum atomic E-state index is 12.1. The summed E-state index contributed by atoms with van der Waals surface area (Å²) >= 11 is 1.49. The van der Waals surface area contributed by atoms with Gasteiger partial charge in [0.25, 0.3) is 0 Å². The van der Waals surface area contributed by atoms with Crippen LogP contribution in [0.1, 0.15) is 11.4 Å². The maximum Gasteiger partial charge on any atom is 0.410 e. The molecule has 1 amide bonds. The predicted octanol–water partition coefficient (Wildman–Crippen LogP) is 4.33. The SMILES string of the molecule is O=C(OCc1nccs1)N1CCC(COc2ccc3ccccc3c2)C1. The first-order valence-corrected chi connectivity index (χ1v) is 9.57. The number of hydrogen-bond donors (Lipinski definition) is 0. The lowest BCUT2D eigenvalue weighted by Gasteiger charge is -2.16. The molecule has 0 N–H and O–H groups in total. The molecule has 1 saturated heterocycles. The van der Waals surface area contributed by atoms with Gasteiger partial charge in [-0.2, -0.15) is 0 Å². The molecular weight excluding hydrogens is 348 g/mol. The molecule has 1 unspecified atom stereocenters. The van der Waals surface area contributed by atoms with Gasteiger partial charge in [-0.25, -0.2) is 9.78 Å². The van der Waals surface area contributed by atoms with Gasteiger partial charge >= 0.3 is 6.09 Å². The van der Waals surface area contributed by atoms with E-state index in [4.69, 9.17) is 9.47 Å². The molecule has 2 aromatic carbocycles. The Balaban J connectivity index is 1.26. The number of ether oxygens (including phenoxy) is 2. The summed E-state index contributed by atoms with van der Waals surface area (Å²) in [6, 6.07) is 14.4. The summed E-state index contributed by atoms with van der Waals surface area (Å²) in [5, 5.41) is 5.06. The highest BCUT2D eigenvalue weighted by Gasteiger charge is 2.27. The Kier molecular flexibility index (Phi) is 5.02. The monoisotopic (exact) mass is 368 g/mol. The fourth-order valence-corrected chi connectivity index (χ4v) is 3.67. The van der Waals surface area contributed by atoms with Crippen LogP contribution in [0.2, 0.25) is 0 Å². The number of thiazole rings is 1. The van der Waals surface area contributed by atoms with Crippen LogP contribution in [0.5, 0.6) is 5.75 Å². The number of fused-ring (bicyclic) bond motifs is 1. The Hall–Kier alpha value is -2.60. The van der Waals surface area contributed by atoms with Gasteiger partial charge in [-0.1, -0.05) is 30.3 Å². The van der Waals surface area contributed by atoms with Crippen molar-refractivity contribution in [2.75, 3.05) is 19.7 Å². The van der Waals surface area contributed by atoms with Gasteiger partial charge in [0.05, 0.1) is 6.61 Å². The largest absolute Gasteiger partial charge is 0.493 e. The average Bonchev–Trinajstić information content (AvgIpc) is 3.36. The molecule has 26 heavy (non-hydrogen) atoms. The minimum absolute atomic E-state index is 0.241. The third-order valence-corrected chi connectivity index (χ3v) is 5.31. The van der Waals surface area contributed by atoms with Crippen molar-refractivity contribution in [3.63, 3.8) is 0 Å². The molecule has 1 fully saturated rings. The molecule has 1 atom stereocenters. The standard InChI is InChI=1S/C20H20N2O3S/c23-20(25-14-19-21-8-10-26-19)22-9-7-15(12-22)13-24-18-6-5-16-3-1-2-4-17(16)11-18/h1-6,8,10-11,15H,7,9,12-14H2. The third-order valence-electron chi connectivity index (χ3n) is 4.55. The molecule has 134 valence electrons. The molecular formula is C20H20N2O3S. The Morgan fingerprint density at radius 3 is 2.96 bits per heavy atom. The number of likely N-dealkylation sites (tertiary alicyclic amines) is 1. The van der Waals surface area contributed by atoms with Crippen molar-refractivity contribution in [3.8, 4) is 5.75 Å². The predicted molar refractivity (Wildman–Crippen MR) is 101 cm³/mol. The third kappa shape index (κ3) is 3.96. The fraction of sp³-hybridized carbons (Fsp3) is 0.300. The first kappa shape index (κ1) is 16.8. The van der Waals surface area contributed by atoms with Crippen molar-refractivity contribution < 1.29 is 14.3 Å². The summed E-state index contributed by atoms with van der Waals surface area (Å²) in [5.74, 6) is 1.20. The van der Waals surface area contributed by atoms with Crippen molar-refractivity contribution >= 4 is 28.2 Å². The van der Waals surface area contributed by atoms with Crippen LogP contribution in [0.4, 0.5) is 4.79 Å². The Bertz CT molecular complexity index is 882. The minimum atomic E-state index is -0.270. The summed E-state index contributed by atoms with van der Waals surface area (Å²) < 4.78 is 11.3. The number of aromatic nitrogens is 1. The second kappa shape index (κ2) is 7.74. The van der Waals surface area contributed by atoms with Gasteiger partial charge in [0.15, 0.2) is 0 Å². The average molecular weight is 368 g/mol. The number of carbonyl (C=O) groups excluding carboxylic acids is 1. The van der Waals surface area contributed by atoms with Crippen LogP contribution in [0.15, 0.2) is 54.0 Å². The van der Waals surface area contributed by atoms with E-state index in [-0.39, 0.29) is 12.7 Å². The first-order valence-electron chi connectivity index (χ1n) is 8.69. The number of benzene rings is 2. The number of carbonyl (C=O) groups is 1. The highest BCUT2D eigenvalue weighted by molar-refractivity contribution is 7.09. The van der Waals surface area contributed by atoms with Crippen LogP contribution in [-0.4, -0.2) is 35.7 Å². The second-order valence-electron chi connectivity index (χ2n) is 6.40. The van der Waals surface area contributed by atoms with Crippen molar-refractivity contribution in [2.24, 2.45) is 5.92 Å². The van der Waals surface area contributed by atoms with Crippen LogP contribution in [0.25, 0.3) is 10.8 Å². The van der Waals surface area contributed by atoms with Gasteiger partial charge in [-0.05, 0) is 29.3 Å². The molecule has 5 nitrogen and oxygen atoms in total. The molecule has 0 bridgehead atoms. The van der Waals surface area contributed by atoms with Crippen LogP contribution in [-0.2, 0) is 11.3 Å². The fourth-order valence-electron chi connectivity index (χ4n) is 3.14. The number of nitrogens with zero attached hydrogens (tertiary/aromatic N) is 2. The van der Waals surface area contributed by atoms with E-state index >= 15 is 0 Å². The number of hydrogen-bond acceptors (Lipinski definition) is 5.